The van der Waals surface area contributed by atoms with Gasteiger partial charge in [0.15, 0.2) is 5.82 Å². The first-order valence-corrected chi connectivity index (χ1v) is 19.8. The Kier molecular flexibility index (Phi) is 7.38. The molecule has 0 aliphatic carbocycles. The minimum absolute atomic E-state index is 0.283. The largest absolute Gasteiger partial charge is 0.456 e. The van der Waals surface area contributed by atoms with Gasteiger partial charge < -0.3 is 8.98 Å². The minimum atomic E-state index is -0.283. The Morgan fingerprint density at radius 1 is 0.407 bits per heavy atom. The summed E-state index contributed by atoms with van der Waals surface area (Å²) in [6.07, 6.45) is 0. The molecule has 9 aromatic carbocycles. The maximum Gasteiger partial charge on any atom is 0.160 e. The molecule has 0 aliphatic heterocycles. The molecule has 0 saturated heterocycles. The van der Waals surface area contributed by atoms with E-state index in [-0.39, 0.29) is 5.82 Å². The van der Waals surface area contributed by atoms with E-state index in [4.69, 9.17) is 14.4 Å². The van der Waals surface area contributed by atoms with Gasteiger partial charge in [0, 0.05) is 43.9 Å². The first-order chi connectivity index (χ1) is 29.1. The van der Waals surface area contributed by atoms with Crippen LogP contribution in [0.1, 0.15) is 0 Å². The normalized spacial score (nSPS) is 11.8. The van der Waals surface area contributed by atoms with Crippen LogP contribution < -0.4 is 0 Å². The van der Waals surface area contributed by atoms with Crippen molar-refractivity contribution in [3.63, 3.8) is 0 Å². The van der Waals surface area contributed by atoms with Crippen molar-refractivity contribution in [2.45, 2.75) is 0 Å². The van der Waals surface area contributed by atoms with Crippen LogP contribution in [0.2, 0.25) is 0 Å². The molecule has 5 heteroatoms. The molecule has 3 aromatic heterocycles. The first-order valence-electron chi connectivity index (χ1n) is 19.8. The number of hydrogen-bond donors (Lipinski definition) is 0. The number of aromatic nitrogens is 3. The number of para-hydroxylation sites is 1. The highest BCUT2D eigenvalue weighted by Crippen LogP contribution is 2.43. The summed E-state index contributed by atoms with van der Waals surface area (Å²) < 4.78 is 22.8. The van der Waals surface area contributed by atoms with Gasteiger partial charge in [0.05, 0.1) is 22.4 Å². The molecule has 12 aromatic rings. The Morgan fingerprint density at radius 3 is 1.83 bits per heavy atom. The highest BCUT2D eigenvalue weighted by molar-refractivity contribution is 6.24. The molecule has 4 nitrogen and oxygen atoms in total. The van der Waals surface area contributed by atoms with E-state index in [9.17, 15) is 4.39 Å². The van der Waals surface area contributed by atoms with E-state index < -0.39 is 0 Å². The topological polar surface area (TPSA) is 43.9 Å². The van der Waals surface area contributed by atoms with Crippen LogP contribution in [0.25, 0.3) is 116 Å². The maximum absolute atomic E-state index is 13.9. The maximum atomic E-state index is 13.9. The van der Waals surface area contributed by atoms with E-state index in [2.05, 4.69) is 126 Å². The molecule has 0 amide bonds. The molecule has 0 atom stereocenters. The summed E-state index contributed by atoms with van der Waals surface area (Å²) in [4.78, 5) is 10.0. The Balaban J connectivity index is 1.04. The van der Waals surface area contributed by atoms with Crippen molar-refractivity contribution >= 4 is 65.3 Å². The van der Waals surface area contributed by atoms with E-state index in [1.165, 1.54) is 44.5 Å². The smallest absolute Gasteiger partial charge is 0.160 e. The van der Waals surface area contributed by atoms with Crippen LogP contribution >= 0.6 is 0 Å². The van der Waals surface area contributed by atoms with Crippen molar-refractivity contribution in [3.05, 3.63) is 200 Å². The average Bonchev–Trinajstić information content (AvgIpc) is 3.85. The van der Waals surface area contributed by atoms with Gasteiger partial charge in [-0.25, -0.2) is 14.4 Å². The highest BCUT2D eigenvalue weighted by Gasteiger charge is 2.19. The Labute approximate surface area is 338 Å². The third kappa shape index (κ3) is 5.36. The van der Waals surface area contributed by atoms with Crippen molar-refractivity contribution < 1.29 is 8.81 Å². The molecule has 0 radical (unpaired) electrons. The lowest BCUT2D eigenvalue weighted by molar-refractivity contribution is 0.628. The number of fused-ring (bicyclic) bond motifs is 10. The number of nitrogens with zero attached hydrogens (tertiary/aromatic N) is 3. The molecule has 0 unspecified atom stereocenters. The van der Waals surface area contributed by atoms with Gasteiger partial charge in [-0.15, -0.1) is 0 Å². The number of halogens is 1. The fourth-order valence-electron chi connectivity index (χ4n) is 8.92. The van der Waals surface area contributed by atoms with E-state index in [1.807, 2.05) is 48.5 Å². The van der Waals surface area contributed by atoms with Gasteiger partial charge >= 0.3 is 0 Å². The summed E-state index contributed by atoms with van der Waals surface area (Å²) in [6, 6.07) is 66.1. The van der Waals surface area contributed by atoms with Crippen molar-refractivity contribution in [2.24, 2.45) is 0 Å². The zero-order chi connectivity index (χ0) is 39.0. The Bertz CT molecular complexity index is 3600. The molecule has 0 aliphatic rings. The zero-order valence-corrected chi connectivity index (χ0v) is 31.6. The van der Waals surface area contributed by atoms with Crippen LogP contribution in [0.5, 0.6) is 0 Å². The van der Waals surface area contributed by atoms with E-state index >= 15 is 0 Å². The van der Waals surface area contributed by atoms with Gasteiger partial charge in [-0.1, -0.05) is 109 Å². The highest BCUT2D eigenvalue weighted by atomic mass is 19.1. The van der Waals surface area contributed by atoms with Gasteiger partial charge in [-0.05, 0) is 118 Å². The second-order valence-corrected chi connectivity index (χ2v) is 15.1. The summed E-state index contributed by atoms with van der Waals surface area (Å²) in [5.74, 6) is 0.317. The van der Waals surface area contributed by atoms with Crippen LogP contribution in [-0.4, -0.2) is 14.5 Å². The Hall–Kier alpha value is -7.89. The number of benzene rings is 9. The van der Waals surface area contributed by atoms with E-state index in [0.29, 0.717) is 5.82 Å². The minimum Gasteiger partial charge on any atom is -0.456 e. The van der Waals surface area contributed by atoms with Crippen LogP contribution in [0, 0.1) is 5.82 Å². The van der Waals surface area contributed by atoms with Crippen molar-refractivity contribution in [3.8, 4) is 50.7 Å². The lowest BCUT2D eigenvalue weighted by Crippen LogP contribution is -1.97. The van der Waals surface area contributed by atoms with Gasteiger partial charge in [0.2, 0.25) is 0 Å². The molecular formula is C54H32FN3O. The Morgan fingerprint density at radius 2 is 1.03 bits per heavy atom. The monoisotopic (exact) mass is 757 g/mol. The predicted octanol–water partition coefficient (Wildman–Crippen LogP) is 14.6. The lowest BCUT2D eigenvalue weighted by Gasteiger charge is -2.12. The third-order valence-electron chi connectivity index (χ3n) is 11.7. The molecule has 276 valence electrons. The molecule has 12 rings (SSSR count). The first kappa shape index (κ1) is 33.3. The van der Waals surface area contributed by atoms with Gasteiger partial charge in [-0.2, -0.15) is 0 Å². The summed E-state index contributed by atoms with van der Waals surface area (Å²) >= 11 is 0. The molecule has 0 spiro atoms. The molecule has 0 saturated carbocycles. The van der Waals surface area contributed by atoms with Crippen molar-refractivity contribution in [1.29, 1.82) is 0 Å². The second kappa shape index (κ2) is 13.1. The quantitative estimate of drug-likeness (QED) is 0.176. The van der Waals surface area contributed by atoms with Crippen LogP contribution in [0.15, 0.2) is 199 Å². The van der Waals surface area contributed by atoms with E-state index in [1.54, 1.807) is 12.1 Å². The number of furan rings is 1. The summed E-state index contributed by atoms with van der Waals surface area (Å²) in [5, 5.41) is 9.44. The molecule has 0 fully saturated rings. The zero-order valence-electron chi connectivity index (χ0n) is 31.6. The van der Waals surface area contributed by atoms with Crippen molar-refractivity contribution in [1.82, 2.24) is 14.5 Å². The standard InChI is InChI=1S/C54H32FN3O/c55-38-24-18-35(19-25-38)47-32-46(34-11-2-1-3-12-34)56-54(57-47)36-20-26-39(27-21-36)58-48-28-23-37(30-45(48)52-40-13-5-4-10-33(40)22-29-49(52)58)44-31-51-53(42-15-7-6-14-41(42)44)43-16-8-9-17-50(43)59-51/h1-32H. The average molecular weight is 758 g/mol. The van der Waals surface area contributed by atoms with Crippen LogP contribution in [0.4, 0.5) is 4.39 Å². The number of rotatable bonds is 5. The van der Waals surface area contributed by atoms with Gasteiger partial charge in [0.25, 0.3) is 0 Å². The van der Waals surface area contributed by atoms with Gasteiger partial charge in [-0.3, -0.25) is 0 Å². The fourth-order valence-corrected chi connectivity index (χ4v) is 8.92. The second-order valence-electron chi connectivity index (χ2n) is 15.1. The molecule has 59 heavy (non-hydrogen) atoms. The fraction of sp³-hybridized carbons (Fsp3) is 0. The summed E-state index contributed by atoms with van der Waals surface area (Å²) in [6.45, 7) is 0. The molecule has 0 N–H and O–H groups in total. The van der Waals surface area contributed by atoms with Crippen molar-refractivity contribution in [2.75, 3.05) is 0 Å². The lowest BCUT2D eigenvalue weighted by atomic mass is 9.94. The summed E-state index contributed by atoms with van der Waals surface area (Å²) in [7, 11) is 0. The molecular weight excluding hydrogens is 726 g/mol. The summed E-state index contributed by atoms with van der Waals surface area (Å²) in [5.41, 5.74) is 11.5. The van der Waals surface area contributed by atoms with E-state index in [0.717, 1.165) is 77.9 Å². The SMILES string of the molecule is Fc1ccc(-c2cc(-c3ccccc3)nc(-c3ccc(-n4c5ccc(-c6cc7oc8ccccc8c7c7ccccc67)cc5c5c6ccccc6ccc54)cc3)n2)cc1. The third-order valence-corrected chi connectivity index (χ3v) is 11.7. The van der Waals surface area contributed by atoms with Crippen LogP contribution in [0.3, 0.4) is 0 Å². The number of hydrogen-bond acceptors (Lipinski definition) is 3. The van der Waals surface area contributed by atoms with Crippen LogP contribution in [-0.2, 0) is 0 Å². The molecule has 0 bridgehead atoms. The molecule has 3 heterocycles. The predicted molar refractivity (Wildman–Crippen MR) is 240 cm³/mol. The van der Waals surface area contributed by atoms with Gasteiger partial charge in [0.1, 0.15) is 17.0 Å².